The van der Waals surface area contributed by atoms with Crippen LogP contribution >= 0.6 is 0 Å². The van der Waals surface area contributed by atoms with Crippen molar-refractivity contribution in [3.8, 4) is 11.1 Å². The molecule has 2 aromatic carbocycles. The highest BCUT2D eigenvalue weighted by molar-refractivity contribution is 7.90. The van der Waals surface area contributed by atoms with Gasteiger partial charge in [-0.15, -0.1) is 0 Å². The van der Waals surface area contributed by atoms with Gasteiger partial charge in [-0.2, -0.15) is 0 Å². The molecule has 2 saturated heterocycles. The monoisotopic (exact) mass is 494 g/mol. The van der Waals surface area contributed by atoms with Crippen molar-refractivity contribution in [3.05, 3.63) is 59.7 Å². The number of nitrogens with zero attached hydrogens (tertiary/aromatic N) is 1. The van der Waals surface area contributed by atoms with E-state index in [9.17, 15) is 17.6 Å². The number of amides is 1. The predicted molar refractivity (Wildman–Crippen MR) is 119 cm³/mol. The van der Waals surface area contributed by atoms with Crippen LogP contribution in [0.5, 0.6) is 0 Å². The van der Waals surface area contributed by atoms with Crippen LogP contribution in [0.25, 0.3) is 11.1 Å². The van der Waals surface area contributed by atoms with Gasteiger partial charge in [0.15, 0.2) is 0 Å². The van der Waals surface area contributed by atoms with Gasteiger partial charge in [0.2, 0.25) is 10.0 Å². The fourth-order valence-electron chi connectivity index (χ4n) is 4.64. The van der Waals surface area contributed by atoms with Crippen molar-refractivity contribution >= 4 is 15.9 Å². The van der Waals surface area contributed by atoms with Crippen molar-refractivity contribution in [2.24, 2.45) is 0 Å². The highest BCUT2D eigenvalue weighted by Crippen LogP contribution is 2.33. The molecule has 1 saturated carbocycles. The molecular weight excluding hydrogens is 469 g/mol. The Morgan fingerprint density at radius 3 is 2.50 bits per heavy atom. The first-order valence-electron chi connectivity index (χ1n) is 11.4. The topological polar surface area (TPSA) is 75.7 Å². The number of nitrogens with one attached hydrogen (secondary N) is 1. The third-order valence-electron chi connectivity index (χ3n) is 6.74. The van der Waals surface area contributed by atoms with Crippen molar-refractivity contribution in [2.75, 3.05) is 13.2 Å². The number of hydrogen-bond donors (Lipinski definition) is 1. The molecular formula is C24H25F3N2O4S. The van der Waals surface area contributed by atoms with Gasteiger partial charge in [0.05, 0.1) is 30.5 Å². The number of halogens is 3. The lowest BCUT2D eigenvalue weighted by Gasteiger charge is -2.34. The number of hydrogen-bond acceptors (Lipinski definition) is 4. The molecule has 2 unspecified atom stereocenters. The fourth-order valence-corrected chi connectivity index (χ4v) is 6.27. The molecule has 3 fully saturated rings. The number of carbonyl (C=O) groups excluding carboxylic acids is 1. The Morgan fingerprint density at radius 2 is 1.85 bits per heavy atom. The van der Waals surface area contributed by atoms with E-state index in [4.69, 9.17) is 4.74 Å². The van der Waals surface area contributed by atoms with Crippen molar-refractivity contribution in [1.82, 2.24) is 9.62 Å². The number of benzene rings is 2. The molecule has 2 heterocycles. The van der Waals surface area contributed by atoms with Gasteiger partial charge in [-0.3, -0.25) is 4.79 Å². The molecule has 6 nitrogen and oxygen atoms in total. The third-order valence-corrected chi connectivity index (χ3v) is 8.69. The lowest BCUT2D eigenvalue weighted by atomic mass is 9.95. The Balaban J connectivity index is 1.47. The van der Waals surface area contributed by atoms with Crippen LogP contribution < -0.4 is 4.72 Å². The van der Waals surface area contributed by atoms with E-state index >= 15 is 8.78 Å². The van der Waals surface area contributed by atoms with E-state index in [-0.39, 0.29) is 24.1 Å². The normalized spacial score (nSPS) is 27.0. The largest absolute Gasteiger partial charge is 0.368 e. The smallest absolute Gasteiger partial charge is 0.252 e. The molecule has 0 bridgehead atoms. The second-order valence-electron chi connectivity index (χ2n) is 9.10. The number of rotatable bonds is 7. The lowest BCUT2D eigenvalue weighted by Crippen LogP contribution is -2.53. The molecule has 1 aliphatic carbocycles. The first-order valence-corrected chi connectivity index (χ1v) is 12.9. The molecule has 4 atom stereocenters. The maximum absolute atomic E-state index is 15.5. The average molecular weight is 495 g/mol. The van der Waals surface area contributed by atoms with Gasteiger partial charge < -0.3 is 9.64 Å². The highest BCUT2D eigenvalue weighted by atomic mass is 32.2. The van der Waals surface area contributed by atoms with Crippen LogP contribution in [-0.4, -0.2) is 62.0 Å². The van der Waals surface area contributed by atoms with Crippen LogP contribution in [0.2, 0.25) is 0 Å². The molecule has 182 valence electrons. The summed E-state index contributed by atoms with van der Waals surface area (Å²) in [4.78, 5) is 14.2. The van der Waals surface area contributed by atoms with E-state index in [2.05, 4.69) is 4.72 Å². The van der Waals surface area contributed by atoms with Gasteiger partial charge in [-0.25, -0.2) is 26.3 Å². The molecule has 1 amide bonds. The average Bonchev–Trinajstić information content (AvgIpc) is 3.57. The summed E-state index contributed by atoms with van der Waals surface area (Å²) < 4.78 is 77.3. The number of ether oxygens (including phenoxy) is 1. The maximum atomic E-state index is 15.5. The fraction of sp³-hybridized carbons (Fsp3) is 0.458. The molecule has 5 rings (SSSR count). The quantitative estimate of drug-likeness (QED) is 0.642. The van der Waals surface area contributed by atoms with Gasteiger partial charge in [0.25, 0.3) is 5.91 Å². The van der Waals surface area contributed by atoms with Gasteiger partial charge in [-0.1, -0.05) is 30.3 Å². The van der Waals surface area contributed by atoms with Crippen LogP contribution in [-0.2, 0) is 26.0 Å². The minimum atomic E-state index is -3.75. The standard InChI is InChI=1S/C24H25F3N2O4S/c25-16-5-1-3-14(11-16)18-6-2-4-15(22(18)27)12-20-23(28-34(31,32)17-7-8-17)19(26)13-29(20)24(30)21-9-10-33-21/h1-6,11,17,19-21,23,28H,7-10,12-13H2/t19-,20-,21?,23?/m0/s1. The van der Waals surface area contributed by atoms with E-state index in [1.54, 1.807) is 12.1 Å². The number of carbonyl (C=O) groups is 1. The first kappa shape index (κ1) is 23.3. The summed E-state index contributed by atoms with van der Waals surface area (Å²) in [5, 5.41) is -0.562. The molecule has 34 heavy (non-hydrogen) atoms. The van der Waals surface area contributed by atoms with Gasteiger partial charge in [0, 0.05) is 12.0 Å². The Morgan fingerprint density at radius 1 is 1.12 bits per heavy atom. The summed E-state index contributed by atoms with van der Waals surface area (Å²) in [5.41, 5.74) is 0.696. The summed E-state index contributed by atoms with van der Waals surface area (Å²) in [5.74, 6) is -1.55. The first-order chi connectivity index (χ1) is 16.2. The Bertz CT molecular complexity index is 1200. The molecule has 3 aliphatic rings. The Hall–Kier alpha value is -2.43. The van der Waals surface area contributed by atoms with Gasteiger partial charge in [-0.05, 0) is 42.5 Å². The summed E-state index contributed by atoms with van der Waals surface area (Å²) in [6, 6.07) is 8.02. The molecule has 2 aliphatic heterocycles. The van der Waals surface area contributed by atoms with Crippen molar-refractivity contribution in [1.29, 1.82) is 0 Å². The second kappa shape index (κ2) is 8.98. The number of sulfonamides is 1. The van der Waals surface area contributed by atoms with Crippen LogP contribution in [0.1, 0.15) is 24.8 Å². The third kappa shape index (κ3) is 4.46. The molecule has 0 radical (unpaired) electrons. The molecule has 10 heteroatoms. The molecule has 0 spiro atoms. The number of alkyl halides is 1. The van der Waals surface area contributed by atoms with E-state index in [0.717, 1.165) is 0 Å². The molecule has 1 N–H and O–H groups in total. The minimum Gasteiger partial charge on any atom is -0.368 e. The molecule has 0 aromatic heterocycles. The van der Waals surface area contributed by atoms with E-state index in [1.807, 2.05) is 0 Å². The highest BCUT2D eigenvalue weighted by Gasteiger charge is 2.50. The number of likely N-dealkylation sites (tertiary alicyclic amines) is 1. The Labute approximate surface area is 196 Å². The van der Waals surface area contributed by atoms with E-state index < -0.39 is 57.2 Å². The second-order valence-corrected chi connectivity index (χ2v) is 11.1. The summed E-state index contributed by atoms with van der Waals surface area (Å²) in [7, 11) is -3.75. The molecule has 2 aromatic rings. The Kier molecular flexibility index (Phi) is 6.16. The zero-order chi connectivity index (χ0) is 24.0. The van der Waals surface area contributed by atoms with Gasteiger partial charge >= 0.3 is 0 Å². The zero-order valence-corrected chi connectivity index (χ0v) is 19.1. The SMILES string of the molecule is O=C(C1CCO1)N1C[C@H](F)C(NS(=O)(=O)C2CC2)[C@@H]1Cc1cccc(-c2cccc(F)c2)c1F. The summed E-state index contributed by atoms with van der Waals surface area (Å²) in [6.07, 6.45) is -0.930. The lowest BCUT2D eigenvalue weighted by molar-refractivity contribution is -0.157. The van der Waals surface area contributed by atoms with Crippen LogP contribution in [0.4, 0.5) is 13.2 Å². The van der Waals surface area contributed by atoms with Crippen LogP contribution in [0, 0.1) is 11.6 Å². The van der Waals surface area contributed by atoms with Crippen molar-refractivity contribution in [2.45, 2.75) is 55.3 Å². The summed E-state index contributed by atoms with van der Waals surface area (Å²) in [6.45, 7) is 0.127. The van der Waals surface area contributed by atoms with Crippen LogP contribution in [0.15, 0.2) is 42.5 Å². The van der Waals surface area contributed by atoms with Crippen LogP contribution in [0.3, 0.4) is 0 Å². The van der Waals surface area contributed by atoms with Crippen molar-refractivity contribution < 1.29 is 31.1 Å². The zero-order valence-electron chi connectivity index (χ0n) is 18.3. The van der Waals surface area contributed by atoms with E-state index in [0.29, 0.717) is 31.4 Å². The maximum Gasteiger partial charge on any atom is 0.252 e. The summed E-state index contributed by atoms with van der Waals surface area (Å²) >= 11 is 0. The van der Waals surface area contributed by atoms with E-state index in [1.165, 1.54) is 35.2 Å². The minimum absolute atomic E-state index is 0.105. The van der Waals surface area contributed by atoms with Gasteiger partial charge in [0.1, 0.15) is 23.9 Å². The van der Waals surface area contributed by atoms with Crippen molar-refractivity contribution in [3.63, 3.8) is 0 Å². The predicted octanol–water partition coefficient (Wildman–Crippen LogP) is 2.96.